The fourth-order valence-electron chi connectivity index (χ4n) is 1.15. The van der Waals surface area contributed by atoms with Crippen LogP contribution in [0.2, 0.25) is 0 Å². The Hall–Kier alpha value is -1.65. The van der Waals surface area contributed by atoms with Gasteiger partial charge in [-0.2, -0.15) is 5.10 Å². The van der Waals surface area contributed by atoms with Crippen LogP contribution in [-0.2, 0) is 4.74 Å². The van der Waals surface area contributed by atoms with Crippen LogP contribution in [0.15, 0.2) is 18.2 Å². The Morgan fingerprint density at radius 2 is 2.54 bits per heavy atom. The standard InChI is InChI=1S/C8H9N3O2/c12-7(8-9-5-10-11-8)6-3-1-2-4-13-6/h3,5H,1-2,4H2,(H,9,10,11). The molecular weight excluding hydrogens is 170 g/mol. The van der Waals surface area contributed by atoms with Crippen molar-refractivity contribution in [3.63, 3.8) is 0 Å². The predicted octanol–water partition coefficient (Wildman–Crippen LogP) is 0.682. The number of ether oxygens (including phenoxy) is 1. The number of carbonyl (C=O) groups excluding carboxylic acids is 1. The van der Waals surface area contributed by atoms with Crippen molar-refractivity contribution < 1.29 is 9.53 Å². The Morgan fingerprint density at radius 1 is 1.62 bits per heavy atom. The van der Waals surface area contributed by atoms with E-state index in [4.69, 9.17) is 4.74 Å². The highest BCUT2D eigenvalue weighted by Crippen LogP contribution is 2.12. The Bertz CT molecular complexity index is 329. The molecule has 68 valence electrons. The molecular formula is C8H9N3O2. The number of aromatic nitrogens is 3. The highest BCUT2D eigenvalue weighted by Gasteiger charge is 2.17. The predicted molar refractivity (Wildman–Crippen MR) is 44.0 cm³/mol. The van der Waals surface area contributed by atoms with Crippen molar-refractivity contribution in [3.8, 4) is 0 Å². The summed E-state index contributed by atoms with van der Waals surface area (Å²) in [6, 6.07) is 0. The van der Waals surface area contributed by atoms with E-state index < -0.39 is 0 Å². The summed E-state index contributed by atoms with van der Waals surface area (Å²) in [4.78, 5) is 15.3. The summed E-state index contributed by atoms with van der Waals surface area (Å²) in [5.41, 5.74) is 0. The molecule has 2 heterocycles. The number of allylic oxidation sites excluding steroid dienone is 2. The molecule has 1 aromatic rings. The lowest BCUT2D eigenvalue weighted by Gasteiger charge is -2.11. The van der Waals surface area contributed by atoms with Crippen molar-refractivity contribution in [3.05, 3.63) is 24.0 Å². The first kappa shape index (κ1) is 7.97. The van der Waals surface area contributed by atoms with Crippen molar-refractivity contribution in [2.24, 2.45) is 0 Å². The lowest BCUT2D eigenvalue weighted by molar-refractivity contribution is 0.0889. The average molecular weight is 179 g/mol. The maximum atomic E-state index is 11.5. The van der Waals surface area contributed by atoms with Crippen molar-refractivity contribution >= 4 is 5.78 Å². The summed E-state index contributed by atoms with van der Waals surface area (Å²) in [7, 11) is 0. The Morgan fingerprint density at radius 3 is 3.15 bits per heavy atom. The molecule has 0 amide bonds. The summed E-state index contributed by atoms with van der Waals surface area (Å²) in [6.07, 6.45) is 4.94. The van der Waals surface area contributed by atoms with Gasteiger partial charge < -0.3 is 4.74 Å². The molecule has 0 saturated carbocycles. The zero-order valence-corrected chi connectivity index (χ0v) is 6.99. The summed E-state index contributed by atoms with van der Waals surface area (Å²) in [5.74, 6) is 0.383. The molecule has 0 aliphatic carbocycles. The number of nitrogens with one attached hydrogen (secondary N) is 1. The quantitative estimate of drug-likeness (QED) is 0.678. The van der Waals surface area contributed by atoms with Crippen LogP contribution in [0.3, 0.4) is 0 Å². The van der Waals surface area contributed by atoms with Gasteiger partial charge in [0, 0.05) is 0 Å². The summed E-state index contributed by atoms with van der Waals surface area (Å²) >= 11 is 0. The van der Waals surface area contributed by atoms with Crippen LogP contribution in [0.25, 0.3) is 0 Å². The lowest BCUT2D eigenvalue weighted by Crippen LogP contribution is -2.12. The van der Waals surface area contributed by atoms with Crippen molar-refractivity contribution in [1.29, 1.82) is 0 Å². The first-order valence-electron chi connectivity index (χ1n) is 4.11. The van der Waals surface area contributed by atoms with Gasteiger partial charge in [-0.25, -0.2) is 4.98 Å². The Kier molecular flexibility index (Phi) is 2.08. The fourth-order valence-corrected chi connectivity index (χ4v) is 1.15. The minimum atomic E-state index is -0.225. The number of carbonyl (C=O) groups is 1. The number of nitrogens with zero attached hydrogens (tertiary/aromatic N) is 2. The Balaban J connectivity index is 2.17. The zero-order chi connectivity index (χ0) is 9.10. The zero-order valence-electron chi connectivity index (χ0n) is 6.99. The average Bonchev–Trinajstić information content (AvgIpc) is 2.71. The highest BCUT2D eigenvalue weighted by molar-refractivity contribution is 6.04. The summed E-state index contributed by atoms with van der Waals surface area (Å²) in [6.45, 7) is 0.603. The minimum Gasteiger partial charge on any atom is -0.490 e. The minimum absolute atomic E-state index is 0.225. The van der Waals surface area contributed by atoms with Gasteiger partial charge in [0.1, 0.15) is 6.33 Å². The van der Waals surface area contributed by atoms with Crippen LogP contribution in [-0.4, -0.2) is 27.6 Å². The largest absolute Gasteiger partial charge is 0.490 e. The second-order valence-electron chi connectivity index (χ2n) is 2.72. The van der Waals surface area contributed by atoms with E-state index in [-0.39, 0.29) is 11.6 Å². The van der Waals surface area contributed by atoms with E-state index >= 15 is 0 Å². The van der Waals surface area contributed by atoms with E-state index in [1.54, 1.807) is 6.08 Å². The number of aromatic amines is 1. The van der Waals surface area contributed by atoms with Gasteiger partial charge in [-0.1, -0.05) is 0 Å². The molecule has 1 aliphatic rings. The van der Waals surface area contributed by atoms with Gasteiger partial charge >= 0.3 is 0 Å². The molecule has 0 fully saturated rings. The fraction of sp³-hybridized carbons (Fsp3) is 0.375. The Labute approximate surface area is 74.8 Å². The monoisotopic (exact) mass is 179 g/mol. The molecule has 0 unspecified atom stereocenters. The van der Waals surface area contributed by atoms with E-state index in [0.717, 1.165) is 12.8 Å². The van der Waals surface area contributed by atoms with Gasteiger partial charge in [0.25, 0.3) is 5.78 Å². The number of H-pyrrole nitrogens is 1. The number of rotatable bonds is 2. The molecule has 13 heavy (non-hydrogen) atoms. The molecule has 1 aromatic heterocycles. The van der Waals surface area contributed by atoms with Crippen LogP contribution < -0.4 is 0 Å². The molecule has 1 aliphatic heterocycles. The molecule has 0 spiro atoms. The normalized spacial score (nSPS) is 16.2. The SMILES string of the molecule is O=C(C1=CCCCO1)c1ncn[nH]1. The van der Waals surface area contributed by atoms with E-state index in [2.05, 4.69) is 15.2 Å². The molecule has 0 aromatic carbocycles. The number of Topliss-reactive ketones (excluding diaryl/α,β-unsaturated/α-hetero) is 1. The van der Waals surface area contributed by atoms with Crippen molar-refractivity contribution in [2.45, 2.75) is 12.8 Å². The van der Waals surface area contributed by atoms with Crippen LogP contribution in [0, 0.1) is 0 Å². The van der Waals surface area contributed by atoms with Gasteiger partial charge in [-0.15, -0.1) is 0 Å². The van der Waals surface area contributed by atoms with Gasteiger partial charge in [-0.05, 0) is 18.9 Å². The van der Waals surface area contributed by atoms with Crippen LogP contribution in [0.1, 0.15) is 23.5 Å². The van der Waals surface area contributed by atoms with Crippen molar-refractivity contribution in [2.75, 3.05) is 6.61 Å². The third-order valence-electron chi connectivity index (χ3n) is 1.79. The van der Waals surface area contributed by atoms with Crippen LogP contribution in [0.4, 0.5) is 0 Å². The first-order valence-corrected chi connectivity index (χ1v) is 4.11. The second-order valence-corrected chi connectivity index (χ2v) is 2.72. The first-order chi connectivity index (χ1) is 6.38. The molecule has 0 radical (unpaired) electrons. The molecule has 1 N–H and O–H groups in total. The van der Waals surface area contributed by atoms with E-state index in [0.29, 0.717) is 12.4 Å². The number of hydrogen-bond donors (Lipinski definition) is 1. The number of hydrogen-bond acceptors (Lipinski definition) is 4. The smallest absolute Gasteiger partial charge is 0.263 e. The van der Waals surface area contributed by atoms with Gasteiger partial charge in [0.2, 0.25) is 0 Å². The molecule has 2 rings (SSSR count). The lowest BCUT2D eigenvalue weighted by atomic mass is 10.2. The van der Waals surface area contributed by atoms with Gasteiger partial charge in [0.05, 0.1) is 6.61 Å². The molecule has 0 saturated heterocycles. The van der Waals surface area contributed by atoms with Crippen molar-refractivity contribution in [1.82, 2.24) is 15.2 Å². The van der Waals surface area contributed by atoms with E-state index in [1.165, 1.54) is 6.33 Å². The maximum absolute atomic E-state index is 11.5. The topological polar surface area (TPSA) is 67.9 Å². The van der Waals surface area contributed by atoms with Gasteiger partial charge in [0.15, 0.2) is 11.6 Å². The maximum Gasteiger partial charge on any atom is 0.263 e. The summed E-state index contributed by atoms with van der Waals surface area (Å²) in [5, 5.41) is 6.10. The molecule has 5 heteroatoms. The third-order valence-corrected chi connectivity index (χ3v) is 1.79. The van der Waals surface area contributed by atoms with Crippen LogP contribution >= 0.6 is 0 Å². The number of ketones is 1. The third kappa shape index (κ3) is 1.58. The molecule has 5 nitrogen and oxygen atoms in total. The molecule has 0 bridgehead atoms. The highest BCUT2D eigenvalue weighted by atomic mass is 16.5. The molecule has 0 atom stereocenters. The van der Waals surface area contributed by atoms with Crippen LogP contribution in [0.5, 0.6) is 0 Å². The van der Waals surface area contributed by atoms with E-state index in [9.17, 15) is 4.79 Å². The van der Waals surface area contributed by atoms with E-state index in [1.807, 2.05) is 0 Å². The second kappa shape index (κ2) is 3.38. The van der Waals surface area contributed by atoms with Gasteiger partial charge in [-0.3, -0.25) is 9.89 Å². The summed E-state index contributed by atoms with van der Waals surface area (Å²) < 4.78 is 5.19.